The lowest BCUT2D eigenvalue weighted by Crippen LogP contribution is -2.32. The second-order valence-corrected chi connectivity index (χ2v) is 8.63. The number of alkyl halides is 3. The number of aromatic nitrogens is 3. The number of aliphatic hydroxyl groups excluding tert-OH is 1. The van der Waals surface area contributed by atoms with E-state index < -0.39 is 23.7 Å². The normalized spacial score (nSPS) is 11.1. The molecule has 0 saturated carbocycles. The summed E-state index contributed by atoms with van der Waals surface area (Å²) in [5.41, 5.74) is 1.38. The average molecular weight is 552 g/mol. The van der Waals surface area contributed by atoms with Gasteiger partial charge in [0.15, 0.2) is 0 Å². The van der Waals surface area contributed by atoms with E-state index in [1.165, 1.54) is 36.6 Å². The number of amides is 3. The number of carbonyl (C=O) groups excluding carboxylic acids is 2. The molecule has 0 radical (unpaired) electrons. The molecule has 0 bridgehead atoms. The molecule has 13 heteroatoms. The topological polar surface area (TPSA) is 132 Å². The van der Waals surface area contributed by atoms with Gasteiger partial charge in [-0.25, -0.2) is 14.8 Å². The van der Waals surface area contributed by atoms with Crippen LogP contribution in [0.4, 0.5) is 46.7 Å². The van der Waals surface area contributed by atoms with Crippen molar-refractivity contribution in [3.63, 3.8) is 0 Å². The second kappa shape index (κ2) is 11.8. The van der Waals surface area contributed by atoms with Gasteiger partial charge in [-0.15, -0.1) is 0 Å². The summed E-state index contributed by atoms with van der Waals surface area (Å²) in [5.74, 6) is -0.0492. The maximum atomic E-state index is 13.0. The van der Waals surface area contributed by atoms with Crippen molar-refractivity contribution < 1.29 is 27.9 Å². The number of halogens is 3. The maximum Gasteiger partial charge on any atom is 0.416 e. The molecule has 2 heterocycles. The molecule has 0 saturated heterocycles. The van der Waals surface area contributed by atoms with Crippen molar-refractivity contribution in [2.75, 3.05) is 27.9 Å². The number of pyridine rings is 1. The number of aliphatic hydroxyl groups is 1. The number of nitrogens with one attached hydrogen (secondary N) is 3. The molecule has 4 rings (SSSR count). The molecule has 2 aromatic heterocycles. The van der Waals surface area contributed by atoms with Gasteiger partial charge in [-0.3, -0.25) is 14.7 Å². The molecule has 40 heavy (non-hydrogen) atoms. The average Bonchev–Trinajstić information content (AvgIpc) is 2.94. The Labute approximate surface area is 226 Å². The molecule has 0 aliphatic heterocycles. The van der Waals surface area contributed by atoms with Crippen molar-refractivity contribution in [3.05, 3.63) is 95.6 Å². The minimum Gasteiger partial charge on any atom is -0.390 e. The van der Waals surface area contributed by atoms with Crippen molar-refractivity contribution in [2.45, 2.75) is 19.7 Å². The molecule has 0 spiro atoms. The first-order chi connectivity index (χ1) is 19.0. The highest BCUT2D eigenvalue weighted by molar-refractivity contribution is 6.05. The van der Waals surface area contributed by atoms with Gasteiger partial charge >= 0.3 is 12.2 Å². The number of aryl methyl sites for hydroxylation is 1. The quantitative estimate of drug-likeness (QED) is 0.243. The van der Waals surface area contributed by atoms with Gasteiger partial charge in [0.1, 0.15) is 18.0 Å². The van der Waals surface area contributed by atoms with Gasteiger partial charge in [0.05, 0.1) is 29.7 Å². The number of nitrogens with zero attached hydrogens (tertiary/aromatic N) is 4. The SMILES string of the molecule is Cc1ccc(NC(=O)c2cccc(C(F)(F)F)c2)cc1NC(=O)N(C)c1cc(Nc2ccc(CO)nc2)ncn1. The number of hydrogen-bond acceptors (Lipinski definition) is 7. The predicted molar refractivity (Wildman–Crippen MR) is 143 cm³/mol. The molecule has 2 aromatic carbocycles. The first kappa shape index (κ1) is 28.0. The zero-order chi connectivity index (χ0) is 28.9. The molecule has 0 aliphatic carbocycles. The fourth-order valence-electron chi connectivity index (χ4n) is 3.52. The Morgan fingerprint density at radius 2 is 1.73 bits per heavy atom. The molecular formula is C27H24F3N7O3. The van der Waals surface area contributed by atoms with Crippen molar-refractivity contribution in [3.8, 4) is 0 Å². The van der Waals surface area contributed by atoms with Gasteiger partial charge in [-0.1, -0.05) is 12.1 Å². The third kappa shape index (κ3) is 6.88. The Balaban J connectivity index is 1.44. The zero-order valence-electron chi connectivity index (χ0n) is 21.3. The van der Waals surface area contributed by atoms with E-state index in [2.05, 4.69) is 30.9 Å². The Bertz CT molecular complexity index is 1530. The summed E-state index contributed by atoms with van der Waals surface area (Å²) in [6.07, 6.45) is -1.76. The summed E-state index contributed by atoms with van der Waals surface area (Å²) < 4.78 is 39.0. The monoisotopic (exact) mass is 551 g/mol. The molecule has 206 valence electrons. The summed E-state index contributed by atoms with van der Waals surface area (Å²) in [6, 6.07) is 13.2. The number of hydrogen-bond donors (Lipinski definition) is 4. The predicted octanol–water partition coefficient (Wildman–Crippen LogP) is 5.36. The van der Waals surface area contributed by atoms with Crippen LogP contribution >= 0.6 is 0 Å². The van der Waals surface area contributed by atoms with Crippen molar-refractivity contribution in [2.24, 2.45) is 0 Å². The molecule has 4 N–H and O–H groups in total. The minimum atomic E-state index is -4.58. The minimum absolute atomic E-state index is 0.158. The smallest absolute Gasteiger partial charge is 0.390 e. The fourth-order valence-corrected chi connectivity index (χ4v) is 3.52. The van der Waals surface area contributed by atoms with Crippen LogP contribution in [-0.4, -0.2) is 39.0 Å². The van der Waals surface area contributed by atoms with E-state index in [0.29, 0.717) is 28.5 Å². The molecular weight excluding hydrogens is 527 g/mol. The van der Waals surface area contributed by atoms with E-state index >= 15 is 0 Å². The standard InChI is InChI=1S/C27H24F3N7O3/c1-16-6-7-19(35-25(39)17-4-3-5-18(10-17)27(28,29)30)11-22(16)36-26(40)37(2)24-12-23(32-15-33-24)34-20-8-9-21(14-38)31-13-20/h3-13,15,38H,14H2,1-2H3,(H,35,39)(H,36,40)(H,32,33,34). The van der Waals surface area contributed by atoms with Crippen LogP contribution in [0.25, 0.3) is 0 Å². The molecule has 3 amide bonds. The number of carbonyl (C=O) groups is 2. The summed E-state index contributed by atoms with van der Waals surface area (Å²) in [7, 11) is 1.51. The lowest BCUT2D eigenvalue weighted by atomic mass is 10.1. The lowest BCUT2D eigenvalue weighted by Gasteiger charge is -2.19. The number of urea groups is 1. The van der Waals surface area contributed by atoms with E-state index in [0.717, 1.165) is 18.2 Å². The molecule has 0 aliphatic rings. The Morgan fingerprint density at radius 1 is 0.950 bits per heavy atom. The first-order valence-electron chi connectivity index (χ1n) is 11.8. The van der Waals surface area contributed by atoms with Gasteiger partial charge in [-0.05, 0) is 55.0 Å². The van der Waals surface area contributed by atoms with Crippen molar-refractivity contribution in [1.82, 2.24) is 15.0 Å². The van der Waals surface area contributed by atoms with Crippen LogP contribution in [0, 0.1) is 6.92 Å². The molecule has 0 atom stereocenters. The van der Waals surface area contributed by atoms with Gasteiger partial charge < -0.3 is 21.1 Å². The highest BCUT2D eigenvalue weighted by atomic mass is 19.4. The molecule has 4 aromatic rings. The van der Waals surface area contributed by atoms with Crippen LogP contribution in [0.2, 0.25) is 0 Å². The first-order valence-corrected chi connectivity index (χ1v) is 11.8. The van der Waals surface area contributed by atoms with Crippen LogP contribution in [0.15, 0.2) is 73.2 Å². The van der Waals surface area contributed by atoms with Gasteiger partial charge in [0, 0.05) is 30.1 Å². The zero-order valence-corrected chi connectivity index (χ0v) is 21.3. The van der Waals surface area contributed by atoms with Crippen LogP contribution < -0.4 is 20.9 Å². The van der Waals surface area contributed by atoms with Crippen LogP contribution in [0.5, 0.6) is 0 Å². The molecule has 0 unspecified atom stereocenters. The van der Waals surface area contributed by atoms with Crippen LogP contribution in [-0.2, 0) is 12.8 Å². The Kier molecular flexibility index (Phi) is 8.24. The lowest BCUT2D eigenvalue weighted by molar-refractivity contribution is -0.137. The van der Waals surface area contributed by atoms with Crippen molar-refractivity contribution >= 4 is 40.6 Å². The maximum absolute atomic E-state index is 13.0. The van der Waals surface area contributed by atoms with Gasteiger partial charge in [0.25, 0.3) is 5.91 Å². The summed E-state index contributed by atoms with van der Waals surface area (Å²) in [4.78, 5) is 39.2. The highest BCUT2D eigenvalue weighted by Gasteiger charge is 2.31. The van der Waals surface area contributed by atoms with E-state index in [-0.39, 0.29) is 23.7 Å². The van der Waals surface area contributed by atoms with E-state index in [1.54, 1.807) is 37.3 Å². The van der Waals surface area contributed by atoms with E-state index in [1.807, 2.05) is 0 Å². The number of anilines is 5. The summed E-state index contributed by atoms with van der Waals surface area (Å²) >= 11 is 0. The highest BCUT2D eigenvalue weighted by Crippen LogP contribution is 2.30. The summed E-state index contributed by atoms with van der Waals surface area (Å²) in [6.45, 7) is 1.57. The second-order valence-electron chi connectivity index (χ2n) is 8.63. The van der Waals surface area contributed by atoms with Crippen molar-refractivity contribution in [1.29, 1.82) is 0 Å². The van der Waals surface area contributed by atoms with Crippen LogP contribution in [0.3, 0.4) is 0 Å². The number of benzene rings is 2. The van der Waals surface area contributed by atoms with E-state index in [9.17, 15) is 22.8 Å². The van der Waals surface area contributed by atoms with Gasteiger partial charge in [-0.2, -0.15) is 13.2 Å². The molecule has 10 nitrogen and oxygen atoms in total. The number of rotatable bonds is 7. The van der Waals surface area contributed by atoms with Gasteiger partial charge in [0.2, 0.25) is 0 Å². The Morgan fingerprint density at radius 3 is 2.42 bits per heavy atom. The Hall–Kier alpha value is -5.04. The molecule has 0 fully saturated rings. The largest absolute Gasteiger partial charge is 0.416 e. The van der Waals surface area contributed by atoms with Crippen LogP contribution in [0.1, 0.15) is 27.2 Å². The third-order valence-corrected chi connectivity index (χ3v) is 5.75. The van der Waals surface area contributed by atoms with E-state index in [4.69, 9.17) is 5.11 Å². The fraction of sp³-hybridized carbons (Fsp3) is 0.148. The third-order valence-electron chi connectivity index (χ3n) is 5.75. The summed E-state index contributed by atoms with van der Waals surface area (Å²) in [5, 5.41) is 17.5.